The zero-order chi connectivity index (χ0) is 13.5. The molecule has 0 saturated heterocycles. The van der Waals surface area contributed by atoms with Gasteiger partial charge in [-0.1, -0.05) is 13.8 Å². The summed E-state index contributed by atoms with van der Waals surface area (Å²) in [7, 11) is 3.80. The Morgan fingerprint density at radius 2 is 2.17 bits per heavy atom. The van der Waals surface area contributed by atoms with E-state index in [1.807, 2.05) is 31.1 Å². The number of hydrogen-bond acceptors (Lipinski definition) is 4. The van der Waals surface area contributed by atoms with Crippen LogP contribution in [0.1, 0.15) is 20.3 Å². The van der Waals surface area contributed by atoms with Crippen LogP contribution < -0.4 is 15.5 Å². The summed E-state index contributed by atoms with van der Waals surface area (Å²) in [6, 6.07) is 4.07. The minimum absolute atomic E-state index is 0.000694. The Morgan fingerprint density at radius 3 is 2.78 bits per heavy atom. The van der Waals surface area contributed by atoms with Crippen molar-refractivity contribution in [2.24, 2.45) is 0 Å². The third-order valence-electron chi connectivity index (χ3n) is 2.39. The Hall–Kier alpha value is -1.62. The van der Waals surface area contributed by atoms with Crippen LogP contribution in [0.4, 0.5) is 11.5 Å². The van der Waals surface area contributed by atoms with Gasteiger partial charge in [-0.2, -0.15) is 0 Å². The molecule has 1 aromatic heterocycles. The van der Waals surface area contributed by atoms with E-state index in [2.05, 4.69) is 29.5 Å². The molecule has 5 nitrogen and oxygen atoms in total. The molecule has 0 spiro atoms. The van der Waals surface area contributed by atoms with E-state index in [1.54, 1.807) is 6.20 Å². The number of carbonyl (C=O) groups excluding carboxylic acids is 1. The van der Waals surface area contributed by atoms with Gasteiger partial charge in [0.25, 0.3) is 0 Å². The highest BCUT2D eigenvalue weighted by molar-refractivity contribution is 5.93. The lowest BCUT2D eigenvalue weighted by atomic mass is 10.3. The van der Waals surface area contributed by atoms with E-state index in [-0.39, 0.29) is 5.91 Å². The van der Waals surface area contributed by atoms with Crippen molar-refractivity contribution in [2.45, 2.75) is 26.3 Å². The van der Waals surface area contributed by atoms with Gasteiger partial charge in [-0.05, 0) is 12.1 Å². The van der Waals surface area contributed by atoms with Gasteiger partial charge in [0, 0.05) is 39.3 Å². The Labute approximate surface area is 109 Å². The molecule has 1 heterocycles. The zero-order valence-corrected chi connectivity index (χ0v) is 11.5. The van der Waals surface area contributed by atoms with Gasteiger partial charge in [0.15, 0.2) is 5.82 Å². The van der Waals surface area contributed by atoms with Gasteiger partial charge >= 0.3 is 0 Å². The SMILES string of the molecule is CC(C)NCCC(=O)Nc1cccnc1N(C)C. The summed E-state index contributed by atoms with van der Waals surface area (Å²) in [5.41, 5.74) is 0.747. The normalized spacial score (nSPS) is 10.5. The van der Waals surface area contributed by atoms with Crippen LogP contribution in [0.3, 0.4) is 0 Å². The van der Waals surface area contributed by atoms with E-state index in [0.717, 1.165) is 11.5 Å². The number of hydrogen-bond donors (Lipinski definition) is 2. The summed E-state index contributed by atoms with van der Waals surface area (Å²) >= 11 is 0. The van der Waals surface area contributed by atoms with Crippen LogP contribution in [0.5, 0.6) is 0 Å². The number of nitrogens with zero attached hydrogens (tertiary/aromatic N) is 2. The Bertz CT molecular complexity index is 390. The van der Waals surface area contributed by atoms with E-state index in [9.17, 15) is 4.79 Å². The summed E-state index contributed by atoms with van der Waals surface area (Å²) in [6.07, 6.45) is 2.17. The average Bonchev–Trinajstić information content (AvgIpc) is 2.28. The van der Waals surface area contributed by atoms with Crippen molar-refractivity contribution < 1.29 is 4.79 Å². The topological polar surface area (TPSA) is 57.3 Å². The number of aromatic nitrogens is 1. The van der Waals surface area contributed by atoms with Gasteiger partial charge in [-0.25, -0.2) is 4.98 Å². The fourth-order valence-corrected chi connectivity index (χ4v) is 1.54. The number of pyridine rings is 1. The minimum Gasteiger partial charge on any atom is -0.361 e. The van der Waals surface area contributed by atoms with E-state index >= 15 is 0 Å². The molecule has 0 aliphatic carbocycles. The molecule has 0 aliphatic rings. The number of anilines is 2. The van der Waals surface area contributed by atoms with Gasteiger partial charge in [0.2, 0.25) is 5.91 Å². The zero-order valence-electron chi connectivity index (χ0n) is 11.5. The summed E-state index contributed by atoms with van der Waals surface area (Å²) in [5.74, 6) is 0.766. The first-order valence-corrected chi connectivity index (χ1v) is 6.16. The Kier molecular flexibility index (Phi) is 5.58. The monoisotopic (exact) mass is 250 g/mol. The average molecular weight is 250 g/mol. The van der Waals surface area contributed by atoms with Crippen molar-refractivity contribution in [1.29, 1.82) is 0 Å². The van der Waals surface area contributed by atoms with Gasteiger partial charge in [-0.3, -0.25) is 4.79 Å². The van der Waals surface area contributed by atoms with Crippen LogP contribution in [-0.2, 0) is 4.79 Å². The van der Waals surface area contributed by atoms with Crippen LogP contribution in [0.15, 0.2) is 18.3 Å². The standard InChI is InChI=1S/C13H22N4O/c1-10(2)14-9-7-12(18)16-11-6-5-8-15-13(11)17(3)4/h5-6,8,10,14H,7,9H2,1-4H3,(H,16,18). The van der Waals surface area contributed by atoms with E-state index in [4.69, 9.17) is 0 Å². The first-order valence-electron chi connectivity index (χ1n) is 6.16. The van der Waals surface area contributed by atoms with Gasteiger partial charge in [0.05, 0.1) is 5.69 Å². The Balaban J connectivity index is 2.54. The second kappa shape index (κ2) is 6.96. The molecule has 0 bridgehead atoms. The lowest BCUT2D eigenvalue weighted by molar-refractivity contribution is -0.116. The quantitative estimate of drug-likeness (QED) is 0.803. The predicted molar refractivity (Wildman–Crippen MR) is 74.9 cm³/mol. The fourth-order valence-electron chi connectivity index (χ4n) is 1.54. The lowest BCUT2D eigenvalue weighted by Crippen LogP contribution is -2.27. The van der Waals surface area contributed by atoms with Crippen molar-refractivity contribution >= 4 is 17.4 Å². The molecule has 0 atom stereocenters. The number of rotatable bonds is 6. The third kappa shape index (κ3) is 4.71. The molecule has 0 aliphatic heterocycles. The number of carbonyl (C=O) groups is 1. The highest BCUT2D eigenvalue weighted by atomic mass is 16.1. The first kappa shape index (κ1) is 14.4. The summed E-state index contributed by atoms with van der Waals surface area (Å²) in [4.78, 5) is 17.9. The van der Waals surface area contributed by atoms with Crippen LogP contribution in [0.25, 0.3) is 0 Å². The second-order valence-electron chi connectivity index (χ2n) is 4.68. The van der Waals surface area contributed by atoms with Crippen molar-refractivity contribution in [3.05, 3.63) is 18.3 Å². The maximum atomic E-state index is 11.8. The van der Waals surface area contributed by atoms with Gasteiger partial charge in [0.1, 0.15) is 0 Å². The molecule has 18 heavy (non-hydrogen) atoms. The third-order valence-corrected chi connectivity index (χ3v) is 2.39. The van der Waals surface area contributed by atoms with Crippen LogP contribution >= 0.6 is 0 Å². The molecule has 1 rings (SSSR count). The molecule has 2 N–H and O–H groups in total. The second-order valence-corrected chi connectivity index (χ2v) is 4.68. The molecule has 0 radical (unpaired) electrons. The molecular weight excluding hydrogens is 228 g/mol. The van der Waals surface area contributed by atoms with Crippen LogP contribution in [-0.4, -0.2) is 37.6 Å². The first-order chi connectivity index (χ1) is 8.50. The van der Waals surface area contributed by atoms with Crippen molar-refractivity contribution in [1.82, 2.24) is 10.3 Å². The maximum absolute atomic E-state index is 11.8. The lowest BCUT2D eigenvalue weighted by Gasteiger charge is -2.16. The van der Waals surface area contributed by atoms with Crippen molar-refractivity contribution in [2.75, 3.05) is 30.9 Å². The molecule has 0 fully saturated rings. The molecule has 0 saturated carbocycles. The van der Waals surface area contributed by atoms with E-state index < -0.39 is 0 Å². The molecule has 0 unspecified atom stereocenters. The highest BCUT2D eigenvalue weighted by Gasteiger charge is 2.08. The molecule has 0 aromatic carbocycles. The molecular formula is C13H22N4O. The summed E-state index contributed by atoms with van der Waals surface area (Å²) < 4.78 is 0. The highest BCUT2D eigenvalue weighted by Crippen LogP contribution is 2.20. The van der Waals surface area contributed by atoms with Crippen LogP contribution in [0.2, 0.25) is 0 Å². The van der Waals surface area contributed by atoms with E-state index in [0.29, 0.717) is 19.0 Å². The van der Waals surface area contributed by atoms with Crippen molar-refractivity contribution in [3.8, 4) is 0 Å². The number of amides is 1. The summed E-state index contributed by atoms with van der Waals surface area (Å²) in [6.45, 7) is 4.80. The van der Waals surface area contributed by atoms with Crippen LogP contribution in [0, 0.1) is 0 Å². The smallest absolute Gasteiger partial charge is 0.225 e. The molecule has 5 heteroatoms. The van der Waals surface area contributed by atoms with Crippen molar-refractivity contribution in [3.63, 3.8) is 0 Å². The minimum atomic E-state index is -0.000694. The van der Waals surface area contributed by atoms with Gasteiger partial charge < -0.3 is 15.5 Å². The maximum Gasteiger partial charge on any atom is 0.225 e. The largest absolute Gasteiger partial charge is 0.361 e. The molecule has 1 aromatic rings. The molecule has 100 valence electrons. The molecule has 1 amide bonds. The predicted octanol–water partition coefficient (Wildman–Crippen LogP) is 1.47. The summed E-state index contributed by atoms with van der Waals surface area (Å²) in [5, 5.41) is 6.10. The number of nitrogens with one attached hydrogen (secondary N) is 2. The van der Waals surface area contributed by atoms with E-state index in [1.165, 1.54) is 0 Å². The Morgan fingerprint density at radius 1 is 1.44 bits per heavy atom. The fraction of sp³-hybridized carbons (Fsp3) is 0.538. The van der Waals surface area contributed by atoms with Gasteiger partial charge in [-0.15, -0.1) is 0 Å².